The van der Waals surface area contributed by atoms with Crippen LogP contribution in [0.1, 0.15) is 20.3 Å². The predicted octanol–water partition coefficient (Wildman–Crippen LogP) is 3.31. The zero-order valence-corrected chi connectivity index (χ0v) is 11.7. The molecule has 1 atom stereocenters. The van der Waals surface area contributed by atoms with Crippen molar-refractivity contribution in [3.8, 4) is 0 Å². The van der Waals surface area contributed by atoms with Crippen molar-refractivity contribution < 1.29 is 13.6 Å². The van der Waals surface area contributed by atoms with Crippen LogP contribution in [0.4, 0.5) is 14.5 Å². The lowest BCUT2D eigenvalue weighted by Crippen LogP contribution is -2.31. The highest BCUT2D eigenvalue weighted by Gasteiger charge is 2.13. The van der Waals surface area contributed by atoms with Crippen LogP contribution < -0.4 is 11.1 Å². The standard InChI is InChI=1S/C13H18F2N2OS/c1-8(2)11(16)7-12(18)17-9-3-5-10(6-4-9)19-13(14)15/h3-6,8,11,13H,7,16H2,1-2H3,(H,17,18). The van der Waals surface area contributed by atoms with Crippen molar-refractivity contribution in [1.82, 2.24) is 0 Å². The summed E-state index contributed by atoms with van der Waals surface area (Å²) in [4.78, 5) is 12.1. The minimum absolute atomic E-state index is 0.171. The minimum atomic E-state index is -2.44. The molecule has 0 heterocycles. The molecule has 1 aromatic rings. The SMILES string of the molecule is CC(C)C(N)CC(=O)Nc1ccc(SC(F)F)cc1. The average Bonchev–Trinajstić information content (AvgIpc) is 2.30. The lowest BCUT2D eigenvalue weighted by atomic mass is 10.0. The number of nitrogens with two attached hydrogens (primary N) is 1. The number of carbonyl (C=O) groups excluding carboxylic acids is 1. The molecule has 0 spiro atoms. The van der Waals surface area contributed by atoms with Gasteiger partial charge in [0.25, 0.3) is 5.76 Å². The van der Waals surface area contributed by atoms with Gasteiger partial charge in [0.2, 0.25) is 5.91 Å². The Hall–Kier alpha value is -1.14. The molecule has 0 aliphatic rings. The van der Waals surface area contributed by atoms with E-state index in [2.05, 4.69) is 5.32 Å². The number of rotatable bonds is 6. The molecule has 0 saturated heterocycles. The third kappa shape index (κ3) is 6.02. The number of anilines is 1. The summed E-state index contributed by atoms with van der Waals surface area (Å²) in [6, 6.07) is 6.12. The van der Waals surface area contributed by atoms with Crippen molar-refractivity contribution in [3.05, 3.63) is 24.3 Å². The maximum atomic E-state index is 12.1. The van der Waals surface area contributed by atoms with Crippen LogP contribution >= 0.6 is 11.8 Å². The number of benzene rings is 1. The van der Waals surface area contributed by atoms with Gasteiger partial charge in [0.05, 0.1) is 0 Å². The van der Waals surface area contributed by atoms with Crippen molar-refractivity contribution in [2.75, 3.05) is 5.32 Å². The Labute approximate surface area is 115 Å². The second-order valence-electron chi connectivity index (χ2n) is 4.56. The monoisotopic (exact) mass is 288 g/mol. The number of carbonyl (C=O) groups is 1. The van der Waals surface area contributed by atoms with E-state index in [1.165, 1.54) is 0 Å². The average molecular weight is 288 g/mol. The first-order chi connectivity index (χ1) is 8.88. The Bertz CT molecular complexity index is 410. The lowest BCUT2D eigenvalue weighted by molar-refractivity contribution is -0.116. The minimum Gasteiger partial charge on any atom is -0.327 e. The molecule has 0 aromatic heterocycles. The molecule has 3 nitrogen and oxygen atoms in total. The molecule has 0 radical (unpaired) electrons. The molecule has 1 rings (SSSR count). The van der Waals surface area contributed by atoms with Gasteiger partial charge >= 0.3 is 0 Å². The molecule has 1 unspecified atom stereocenters. The topological polar surface area (TPSA) is 55.1 Å². The van der Waals surface area contributed by atoms with Crippen molar-refractivity contribution in [3.63, 3.8) is 0 Å². The highest BCUT2D eigenvalue weighted by Crippen LogP contribution is 2.26. The van der Waals surface area contributed by atoms with Gasteiger partial charge in [0.1, 0.15) is 0 Å². The molecule has 1 aromatic carbocycles. The van der Waals surface area contributed by atoms with Crippen LogP contribution in [0, 0.1) is 5.92 Å². The number of alkyl halides is 2. The van der Waals surface area contributed by atoms with E-state index in [-0.39, 0.29) is 24.3 Å². The number of hydrogen-bond acceptors (Lipinski definition) is 3. The van der Waals surface area contributed by atoms with E-state index < -0.39 is 5.76 Å². The third-order valence-corrected chi connectivity index (χ3v) is 3.36. The zero-order chi connectivity index (χ0) is 14.4. The van der Waals surface area contributed by atoms with Gasteiger partial charge in [-0.05, 0) is 30.2 Å². The van der Waals surface area contributed by atoms with E-state index in [1.807, 2.05) is 13.8 Å². The Kier molecular flexibility index (Phi) is 6.24. The van der Waals surface area contributed by atoms with Crippen molar-refractivity contribution in [1.29, 1.82) is 0 Å². The van der Waals surface area contributed by atoms with Crippen molar-refractivity contribution in [2.45, 2.75) is 37.0 Å². The van der Waals surface area contributed by atoms with Crippen LogP contribution in [-0.2, 0) is 4.79 Å². The summed E-state index contributed by atoms with van der Waals surface area (Å²) in [5, 5.41) is 2.69. The first-order valence-corrected chi connectivity index (χ1v) is 6.86. The summed E-state index contributed by atoms with van der Waals surface area (Å²) in [7, 11) is 0. The van der Waals surface area contributed by atoms with Crippen molar-refractivity contribution >= 4 is 23.4 Å². The molecule has 1 amide bonds. The summed E-state index contributed by atoms with van der Waals surface area (Å²) in [5.41, 5.74) is 6.39. The number of thioether (sulfide) groups is 1. The van der Waals surface area contributed by atoms with Gasteiger partial charge in [-0.25, -0.2) is 0 Å². The van der Waals surface area contributed by atoms with Crippen molar-refractivity contribution in [2.24, 2.45) is 11.7 Å². The molecule has 0 saturated carbocycles. The van der Waals surface area contributed by atoms with E-state index in [9.17, 15) is 13.6 Å². The van der Waals surface area contributed by atoms with Gasteiger partial charge < -0.3 is 11.1 Å². The van der Waals surface area contributed by atoms with E-state index in [1.54, 1.807) is 24.3 Å². The van der Waals surface area contributed by atoms with E-state index in [0.717, 1.165) is 0 Å². The number of halogens is 2. The lowest BCUT2D eigenvalue weighted by Gasteiger charge is -2.15. The van der Waals surface area contributed by atoms with Gasteiger partial charge in [-0.3, -0.25) is 4.79 Å². The van der Waals surface area contributed by atoms with E-state index >= 15 is 0 Å². The van der Waals surface area contributed by atoms with Crippen LogP contribution in [-0.4, -0.2) is 17.7 Å². The molecular weight excluding hydrogens is 270 g/mol. The largest absolute Gasteiger partial charge is 0.327 e. The Morgan fingerprint density at radius 3 is 2.37 bits per heavy atom. The summed E-state index contributed by atoms with van der Waals surface area (Å²) in [6.07, 6.45) is 0.241. The second kappa shape index (κ2) is 7.45. The van der Waals surface area contributed by atoms with Gasteiger partial charge in [0, 0.05) is 23.0 Å². The molecule has 0 bridgehead atoms. The fraction of sp³-hybridized carbons (Fsp3) is 0.462. The summed E-state index contributed by atoms with van der Waals surface area (Å²) in [6.45, 7) is 3.91. The first kappa shape index (κ1) is 15.9. The highest BCUT2D eigenvalue weighted by atomic mass is 32.2. The molecule has 0 fully saturated rings. The molecule has 3 N–H and O–H groups in total. The Balaban J connectivity index is 2.51. The van der Waals surface area contributed by atoms with Gasteiger partial charge in [-0.15, -0.1) is 0 Å². The number of hydrogen-bond donors (Lipinski definition) is 2. The van der Waals surface area contributed by atoms with Gasteiger partial charge in [-0.1, -0.05) is 25.6 Å². The Morgan fingerprint density at radius 2 is 1.89 bits per heavy atom. The predicted molar refractivity (Wildman–Crippen MR) is 74.4 cm³/mol. The maximum Gasteiger partial charge on any atom is 0.288 e. The van der Waals surface area contributed by atoms with Crippen LogP contribution in [0.5, 0.6) is 0 Å². The van der Waals surface area contributed by atoms with Crippen LogP contribution in [0.3, 0.4) is 0 Å². The summed E-state index contributed by atoms with van der Waals surface area (Å²) < 4.78 is 24.3. The maximum absolute atomic E-state index is 12.1. The smallest absolute Gasteiger partial charge is 0.288 e. The summed E-state index contributed by atoms with van der Waals surface area (Å²) in [5.74, 6) is -2.38. The van der Waals surface area contributed by atoms with E-state index in [4.69, 9.17) is 5.73 Å². The molecule has 6 heteroatoms. The fourth-order valence-corrected chi connectivity index (χ4v) is 1.88. The molecule has 0 aliphatic heterocycles. The molecule has 106 valence electrons. The van der Waals surface area contributed by atoms with E-state index in [0.29, 0.717) is 22.3 Å². The normalized spacial score (nSPS) is 12.8. The van der Waals surface area contributed by atoms with Crippen LogP contribution in [0.15, 0.2) is 29.2 Å². The van der Waals surface area contributed by atoms with Crippen LogP contribution in [0.25, 0.3) is 0 Å². The molecular formula is C13H18F2N2OS. The van der Waals surface area contributed by atoms with Crippen LogP contribution in [0.2, 0.25) is 0 Å². The number of nitrogens with one attached hydrogen (secondary N) is 1. The molecule has 0 aliphatic carbocycles. The Morgan fingerprint density at radius 1 is 1.32 bits per heavy atom. The zero-order valence-electron chi connectivity index (χ0n) is 10.9. The molecule has 19 heavy (non-hydrogen) atoms. The second-order valence-corrected chi connectivity index (χ2v) is 5.63. The van der Waals surface area contributed by atoms with Gasteiger partial charge in [0.15, 0.2) is 0 Å². The fourth-order valence-electron chi connectivity index (χ4n) is 1.38. The first-order valence-electron chi connectivity index (χ1n) is 5.98. The highest BCUT2D eigenvalue weighted by molar-refractivity contribution is 7.99. The summed E-state index contributed by atoms with van der Waals surface area (Å²) >= 11 is 0.475. The number of amides is 1. The quantitative estimate of drug-likeness (QED) is 0.790. The van der Waals surface area contributed by atoms with Gasteiger partial charge in [-0.2, -0.15) is 8.78 Å². The third-order valence-electron chi connectivity index (χ3n) is 2.64.